The molecule has 0 radical (unpaired) electrons. The number of hydrogen-bond donors (Lipinski definition) is 1. The molecule has 0 saturated carbocycles. The molecule has 1 aliphatic heterocycles. The number of likely N-dealkylation sites (tertiary alicyclic amines) is 1. The Hall–Kier alpha value is -2.14. The van der Waals surface area contributed by atoms with Crippen molar-refractivity contribution in [2.75, 3.05) is 11.9 Å². The number of benzene rings is 1. The van der Waals surface area contributed by atoms with Gasteiger partial charge in [0.1, 0.15) is 0 Å². The first kappa shape index (κ1) is 17.7. The summed E-state index contributed by atoms with van der Waals surface area (Å²) in [5.74, 6) is -0.726. The number of carbonyl (C=O) groups is 3. The van der Waals surface area contributed by atoms with Gasteiger partial charge in [-0.15, -0.1) is 0 Å². The van der Waals surface area contributed by atoms with E-state index in [0.717, 1.165) is 11.3 Å². The normalized spacial score (nSPS) is 22.2. The molecule has 1 aliphatic carbocycles. The first-order chi connectivity index (χ1) is 12.0. The van der Waals surface area contributed by atoms with Gasteiger partial charge in [-0.1, -0.05) is 23.8 Å². The first-order valence-corrected chi connectivity index (χ1v) is 8.91. The van der Waals surface area contributed by atoms with E-state index < -0.39 is 0 Å². The van der Waals surface area contributed by atoms with Crippen LogP contribution in [0.3, 0.4) is 0 Å². The summed E-state index contributed by atoms with van der Waals surface area (Å²) >= 11 is 5.90. The van der Waals surface area contributed by atoms with Crippen LogP contribution in [-0.4, -0.2) is 29.2 Å². The van der Waals surface area contributed by atoms with Gasteiger partial charge in [-0.2, -0.15) is 0 Å². The molecule has 0 spiro atoms. The van der Waals surface area contributed by atoms with Gasteiger partial charge in [-0.3, -0.25) is 19.3 Å². The fourth-order valence-corrected chi connectivity index (χ4v) is 3.69. The summed E-state index contributed by atoms with van der Waals surface area (Å²) in [5, 5.41) is 3.46. The molecule has 0 aromatic heterocycles. The molecule has 2 atom stereocenters. The fraction of sp³-hybridized carbons (Fsp3) is 0.421. The molecule has 25 heavy (non-hydrogen) atoms. The van der Waals surface area contributed by atoms with Gasteiger partial charge in [-0.05, 0) is 49.9 Å². The Kier molecular flexibility index (Phi) is 5.23. The van der Waals surface area contributed by atoms with Crippen molar-refractivity contribution in [2.24, 2.45) is 11.8 Å². The van der Waals surface area contributed by atoms with E-state index >= 15 is 0 Å². The van der Waals surface area contributed by atoms with E-state index in [9.17, 15) is 14.4 Å². The van der Waals surface area contributed by atoms with Crippen LogP contribution in [0.4, 0.5) is 5.69 Å². The minimum atomic E-state index is -0.206. The highest BCUT2D eigenvalue weighted by Crippen LogP contribution is 2.35. The second-order valence-corrected chi connectivity index (χ2v) is 7.03. The SMILES string of the molecule is Cc1cc(Cl)ccc1NC(=O)CCCN1C(=O)[C@H]2CC=CC[C@H]2C1=O. The van der Waals surface area contributed by atoms with Crippen molar-refractivity contribution in [3.05, 3.63) is 40.9 Å². The lowest BCUT2D eigenvalue weighted by atomic mass is 9.85. The Bertz CT molecular complexity index is 718. The number of hydrogen-bond acceptors (Lipinski definition) is 3. The molecule has 1 aromatic rings. The Balaban J connectivity index is 1.50. The lowest BCUT2D eigenvalue weighted by molar-refractivity contribution is -0.140. The summed E-state index contributed by atoms with van der Waals surface area (Å²) in [6.07, 6.45) is 5.94. The summed E-state index contributed by atoms with van der Waals surface area (Å²) in [4.78, 5) is 38.1. The summed E-state index contributed by atoms with van der Waals surface area (Å²) < 4.78 is 0. The number of carbonyl (C=O) groups excluding carboxylic acids is 3. The summed E-state index contributed by atoms with van der Waals surface area (Å²) in [7, 11) is 0. The Morgan fingerprint density at radius 1 is 1.20 bits per heavy atom. The van der Waals surface area contributed by atoms with Gasteiger partial charge >= 0.3 is 0 Å². The number of nitrogens with zero attached hydrogens (tertiary/aromatic N) is 1. The van der Waals surface area contributed by atoms with Gasteiger partial charge in [0.05, 0.1) is 11.8 Å². The molecule has 0 bridgehead atoms. The van der Waals surface area contributed by atoms with Gasteiger partial charge in [0.2, 0.25) is 17.7 Å². The van der Waals surface area contributed by atoms with Crippen molar-refractivity contribution in [2.45, 2.75) is 32.6 Å². The second-order valence-electron chi connectivity index (χ2n) is 6.59. The molecular formula is C19H21ClN2O3. The van der Waals surface area contributed by atoms with E-state index in [1.165, 1.54) is 4.90 Å². The topological polar surface area (TPSA) is 66.5 Å². The lowest BCUT2D eigenvalue weighted by Crippen LogP contribution is -2.32. The number of imide groups is 1. The number of anilines is 1. The van der Waals surface area contributed by atoms with E-state index in [-0.39, 0.29) is 36.0 Å². The van der Waals surface area contributed by atoms with Crippen molar-refractivity contribution < 1.29 is 14.4 Å². The van der Waals surface area contributed by atoms with E-state index in [1.807, 2.05) is 19.1 Å². The van der Waals surface area contributed by atoms with Crippen molar-refractivity contribution in [3.8, 4) is 0 Å². The number of rotatable bonds is 5. The molecule has 6 heteroatoms. The molecule has 1 heterocycles. The number of nitrogens with one attached hydrogen (secondary N) is 1. The Labute approximate surface area is 152 Å². The van der Waals surface area contributed by atoms with Crippen LogP contribution in [-0.2, 0) is 14.4 Å². The maximum atomic E-state index is 12.4. The van der Waals surface area contributed by atoms with Gasteiger partial charge in [0, 0.05) is 23.7 Å². The van der Waals surface area contributed by atoms with E-state index in [0.29, 0.717) is 30.8 Å². The van der Waals surface area contributed by atoms with Crippen molar-refractivity contribution in [1.29, 1.82) is 0 Å². The maximum absolute atomic E-state index is 12.4. The zero-order valence-electron chi connectivity index (χ0n) is 14.1. The summed E-state index contributed by atoms with van der Waals surface area (Å²) in [6.45, 7) is 2.18. The Morgan fingerprint density at radius 3 is 2.44 bits per heavy atom. The fourth-order valence-electron chi connectivity index (χ4n) is 3.47. The van der Waals surface area contributed by atoms with Crippen LogP contribution in [0, 0.1) is 18.8 Å². The van der Waals surface area contributed by atoms with E-state index in [4.69, 9.17) is 11.6 Å². The molecule has 2 aliphatic rings. The van der Waals surface area contributed by atoms with Crippen LogP contribution in [0.5, 0.6) is 0 Å². The van der Waals surface area contributed by atoms with Crippen molar-refractivity contribution in [1.82, 2.24) is 4.90 Å². The average Bonchev–Trinajstić information content (AvgIpc) is 2.83. The average molecular weight is 361 g/mol. The number of halogens is 1. The number of aryl methyl sites for hydroxylation is 1. The lowest BCUT2D eigenvalue weighted by Gasteiger charge is -2.14. The minimum absolute atomic E-state index is 0.0895. The molecule has 1 fully saturated rings. The quantitative estimate of drug-likeness (QED) is 0.647. The molecular weight excluding hydrogens is 340 g/mol. The van der Waals surface area contributed by atoms with E-state index in [1.54, 1.807) is 18.2 Å². The smallest absolute Gasteiger partial charge is 0.233 e. The highest BCUT2D eigenvalue weighted by molar-refractivity contribution is 6.30. The number of allylic oxidation sites excluding steroid dienone is 2. The number of amides is 3. The third-order valence-corrected chi connectivity index (χ3v) is 5.08. The minimum Gasteiger partial charge on any atom is -0.326 e. The maximum Gasteiger partial charge on any atom is 0.233 e. The molecule has 0 unspecified atom stereocenters. The highest BCUT2D eigenvalue weighted by Gasteiger charge is 2.46. The summed E-state index contributed by atoms with van der Waals surface area (Å²) in [6, 6.07) is 5.27. The molecule has 132 valence electrons. The molecule has 1 aromatic carbocycles. The highest BCUT2D eigenvalue weighted by atomic mass is 35.5. The summed E-state index contributed by atoms with van der Waals surface area (Å²) in [5.41, 5.74) is 1.61. The third kappa shape index (κ3) is 3.76. The largest absolute Gasteiger partial charge is 0.326 e. The Morgan fingerprint density at radius 2 is 1.84 bits per heavy atom. The monoisotopic (exact) mass is 360 g/mol. The molecule has 1 saturated heterocycles. The molecule has 3 rings (SSSR count). The second kappa shape index (κ2) is 7.40. The zero-order valence-corrected chi connectivity index (χ0v) is 14.9. The standard InChI is InChI=1S/C19H21ClN2O3/c1-12-11-13(20)8-9-16(12)21-17(23)7-4-10-22-18(24)14-5-2-3-6-15(14)19(22)25/h2-3,8-9,11,14-15H,4-7,10H2,1H3,(H,21,23)/t14-,15+. The molecule has 1 N–H and O–H groups in total. The first-order valence-electron chi connectivity index (χ1n) is 8.53. The predicted molar refractivity (Wildman–Crippen MR) is 96.1 cm³/mol. The van der Waals surface area contributed by atoms with Crippen molar-refractivity contribution in [3.63, 3.8) is 0 Å². The van der Waals surface area contributed by atoms with Gasteiger partial charge in [0.15, 0.2) is 0 Å². The predicted octanol–water partition coefficient (Wildman–Crippen LogP) is 3.32. The van der Waals surface area contributed by atoms with Gasteiger partial charge < -0.3 is 5.32 Å². The third-order valence-electron chi connectivity index (χ3n) is 4.85. The van der Waals surface area contributed by atoms with Crippen LogP contribution in [0.2, 0.25) is 5.02 Å². The van der Waals surface area contributed by atoms with Gasteiger partial charge in [-0.25, -0.2) is 0 Å². The molecule has 5 nitrogen and oxygen atoms in total. The van der Waals surface area contributed by atoms with Crippen LogP contribution in [0.25, 0.3) is 0 Å². The van der Waals surface area contributed by atoms with Crippen LogP contribution in [0.15, 0.2) is 30.4 Å². The van der Waals surface area contributed by atoms with Crippen LogP contribution < -0.4 is 5.32 Å². The van der Waals surface area contributed by atoms with Crippen LogP contribution in [0.1, 0.15) is 31.2 Å². The molecule has 3 amide bonds. The number of fused-ring (bicyclic) bond motifs is 1. The van der Waals surface area contributed by atoms with Crippen molar-refractivity contribution >= 4 is 35.0 Å². The van der Waals surface area contributed by atoms with Crippen LogP contribution >= 0.6 is 11.6 Å². The van der Waals surface area contributed by atoms with E-state index in [2.05, 4.69) is 5.32 Å². The zero-order chi connectivity index (χ0) is 18.0. The van der Waals surface area contributed by atoms with Gasteiger partial charge in [0.25, 0.3) is 0 Å².